The second-order valence-corrected chi connectivity index (χ2v) is 9.33. The van der Waals surface area contributed by atoms with Gasteiger partial charge in [-0.3, -0.25) is 9.69 Å². The molecule has 4 nitrogen and oxygen atoms in total. The lowest BCUT2D eigenvalue weighted by atomic mass is 9.87. The summed E-state index contributed by atoms with van der Waals surface area (Å²) in [7, 11) is 0. The number of piperidine rings is 1. The van der Waals surface area contributed by atoms with Gasteiger partial charge in [0.25, 0.3) is 0 Å². The summed E-state index contributed by atoms with van der Waals surface area (Å²) >= 11 is 0. The molecule has 0 aromatic carbocycles. The predicted molar refractivity (Wildman–Crippen MR) is 127 cm³/mol. The highest BCUT2D eigenvalue weighted by molar-refractivity contribution is 5.72. The second kappa shape index (κ2) is 12.4. The van der Waals surface area contributed by atoms with Crippen molar-refractivity contribution in [1.82, 2.24) is 4.90 Å². The quantitative estimate of drug-likeness (QED) is 0.233. The Hall–Kier alpha value is -2.28. The van der Waals surface area contributed by atoms with E-state index >= 15 is 0 Å². The highest BCUT2D eigenvalue weighted by Gasteiger charge is 2.41. The Morgan fingerprint density at radius 3 is 2.53 bits per heavy atom. The minimum Gasteiger partial charge on any atom is -0.491 e. The maximum Gasteiger partial charge on any atom is 0.391 e. The molecule has 1 heterocycles. The van der Waals surface area contributed by atoms with Gasteiger partial charge in [0, 0.05) is 6.54 Å². The van der Waals surface area contributed by atoms with E-state index in [1.165, 1.54) is 11.1 Å². The number of likely N-dealkylation sites (tertiary alicyclic amines) is 1. The van der Waals surface area contributed by atoms with Crippen LogP contribution >= 0.6 is 0 Å². The molecule has 3 aliphatic rings. The largest absolute Gasteiger partial charge is 0.491 e. The Bertz CT molecular complexity index is 825. The lowest BCUT2D eigenvalue weighted by molar-refractivity contribution is -0.186. The van der Waals surface area contributed by atoms with Crippen molar-refractivity contribution in [2.75, 3.05) is 26.2 Å². The Balaban J connectivity index is 1.42. The Morgan fingerprint density at radius 2 is 1.88 bits per heavy atom. The molecule has 3 rings (SSSR count). The number of esters is 1. The molecule has 7 heteroatoms. The van der Waals surface area contributed by atoms with Gasteiger partial charge in [0.2, 0.25) is 0 Å². The molecule has 0 N–H and O–H groups in total. The van der Waals surface area contributed by atoms with E-state index in [4.69, 9.17) is 9.47 Å². The molecule has 34 heavy (non-hydrogen) atoms. The van der Waals surface area contributed by atoms with Crippen LogP contribution in [0.1, 0.15) is 51.9 Å². The Labute approximate surface area is 200 Å². The summed E-state index contributed by atoms with van der Waals surface area (Å²) in [5, 5.41) is 0. The lowest BCUT2D eigenvalue weighted by Gasteiger charge is -2.31. The number of alkyl halides is 3. The third-order valence-electron chi connectivity index (χ3n) is 6.72. The van der Waals surface area contributed by atoms with E-state index in [2.05, 4.69) is 29.7 Å². The fourth-order valence-corrected chi connectivity index (χ4v) is 4.79. The first-order chi connectivity index (χ1) is 16.2. The molecule has 0 aromatic rings. The van der Waals surface area contributed by atoms with Gasteiger partial charge >= 0.3 is 12.1 Å². The number of carbonyl (C=O) groups excluding carboxylic acids is 1. The molecule has 2 fully saturated rings. The minimum atomic E-state index is -4.10. The lowest BCUT2D eigenvalue weighted by Crippen LogP contribution is -2.37. The first-order valence-corrected chi connectivity index (χ1v) is 12.3. The van der Waals surface area contributed by atoms with Gasteiger partial charge < -0.3 is 9.47 Å². The van der Waals surface area contributed by atoms with E-state index in [1.54, 1.807) is 6.08 Å². The number of rotatable bonds is 8. The molecule has 0 spiro atoms. The van der Waals surface area contributed by atoms with Crippen molar-refractivity contribution < 1.29 is 27.4 Å². The highest BCUT2D eigenvalue weighted by atomic mass is 19.4. The van der Waals surface area contributed by atoms with Crippen LogP contribution < -0.4 is 0 Å². The summed E-state index contributed by atoms with van der Waals surface area (Å²) in [6, 6.07) is 0. The number of hydrogen-bond donors (Lipinski definition) is 0. The number of nitrogens with zero attached hydrogens (tertiary/aromatic N) is 1. The van der Waals surface area contributed by atoms with Gasteiger partial charge in [-0.05, 0) is 82.2 Å². The van der Waals surface area contributed by atoms with Crippen molar-refractivity contribution in [2.45, 2.75) is 64.1 Å². The van der Waals surface area contributed by atoms with E-state index in [-0.39, 0.29) is 30.8 Å². The maximum absolute atomic E-state index is 12.8. The zero-order valence-electron chi connectivity index (χ0n) is 20.0. The van der Waals surface area contributed by atoms with Gasteiger partial charge in [-0.25, -0.2) is 0 Å². The molecular formula is C27H36F3NO3. The average molecular weight is 480 g/mol. The summed E-state index contributed by atoms with van der Waals surface area (Å²) in [5.74, 6) is -0.782. The number of carbonyl (C=O) groups is 1. The van der Waals surface area contributed by atoms with Crippen molar-refractivity contribution >= 4 is 5.97 Å². The van der Waals surface area contributed by atoms with Crippen molar-refractivity contribution in [3.63, 3.8) is 0 Å². The Kier molecular flexibility index (Phi) is 9.63. The van der Waals surface area contributed by atoms with E-state index < -0.39 is 12.1 Å². The van der Waals surface area contributed by atoms with Crippen LogP contribution in [0.3, 0.4) is 0 Å². The van der Waals surface area contributed by atoms with Crippen LogP contribution in [0.5, 0.6) is 0 Å². The fraction of sp³-hybridized carbons (Fsp3) is 0.593. The van der Waals surface area contributed by atoms with Crippen molar-refractivity contribution in [3.05, 3.63) is 59.9 Å². The first kappa shape index (κ1) is 26.3. The summed E-state index contributed by atoms with van der Waals surface area (Å²) in [5.41, 5.74) is 2.41. The standard InChI is InChI=1S/C27H36F3NO3/c1-3-33-26(32)23-14-16-31(17-15-23)19-22-9-5-8-21(18-22)7-4-6-20(2)34-25-12-10-24(11-13-25)27(28,29)30/h4-7,9,18,23-25H,2-3,8,10-17,19H2,1H3/b6-4-,21-7+. The van der Waals surface area contributed by atoms with Crippen LogP contribution in [-0.4, -0.2) is 49.4 Å². The summed E-state index contributed by atoms with van der Waals surface area (Å²) in [4.78, 5) is 14.3. The zero-order chi connectivity index (χ0) is 24.6. The fourth-order valence-electron chi connectivity index (χ4n) is 4.79. The van der Waals surface area contributed by atoms with Crippen LogP contribution in [0.2, 0.25) is 0 Å². The number of ether oxygens (including phenoxy) is 2. The molecule has 0 unspecified atom stereocenters. The van der Waals surface area contributed by atoms with Crippen LogP contribution in [0.15, 0.2) is 59.9 Å². The van der Waals surface area contributed by atoms with Crippen molar-refractivity contribution in [1.29, 1.82) is 0 Å². The molecule has 1 aliphatic heterocycles. The van der Waals surface area contributed by atoms with Crippen LogP contribution in [0.25, 0.3) is 0 Å². The molecular weight excluding hydrogens is 443 g/mol. The third kappa shape index (κ3) is 8.19. The van der Waals surface area contributed by atoms with Gasteiger partial charge in [0.1, 0.15) is 5.76 Å². The molecule has 0 bridgehead atoms. The van der Waals surface area contributed by atoms with E-state index in [0.29, 0.717) is 25.2 Å². The van der Waals surface area contributed by atoms with E-state index in [0.717, 1.165) is 38.9 Å². The molecule has 0 radical (unpaired) electrons. The van der Waals surface area contributed by atoms with E-state index in [9.17, 15) is 18.0 Å². The predicted octanol–water partition coefficient (Wildman–Crippen LogP) is 6.28. The number of halogens is 3. The molecule has 1 saturated carbocycles. The number of hydrogen-bond acceptors (Lipinski definition) is 4. The summed E-state index contributed by atoms with van der Waals surface area (Å²) in [6.45, 7) is 8.78. The molecule has 0 atom stereocenters. The number of allylic oxidation sites excluding steroid dienone is 6. The SMILES string of the molecule is C=C(/C=C\C=C1\C=C(CN2CCC(C(=O)OCC)CC2)C=CC1)OC1CCC(C(F)(F)F)CC1. The average Bonchev–Trinajstić information content (AvgIpc) is 2.80. The van der Waals surface area contributed by atoms with Crippen LogP contribution in [0.4, 0.5) is 13.2 Å². The zero-order valence-corrected chi connectivity index (χ0v) is 20.0. The minimum absolute atomic E-state index is 0.0164. The van der Waals surface area contributed by atoms with Gasteiger partial charge in [-0.15, -0.1) is 0 Å². The Morgan fingerprint density at radius 1 is 1.18 bits per heavy atom. The molecule has 0 aromatic heterocycles. The molecule has 1 saturated heterocycles. The highest BCUT2D eigenvalue weighted by Crippen LogP contribution is 2.38. The smallest absolute Gasteiger partial charge is 0.391 e. The van der Waals surface area contributed by atoms with Crippen LogP contribution in [0, 0.1) is 11.8 Å². The normalized spacial score (nSPS) is 26.0. The topological polar surface area (TPSA) is 38.8 Å². The second-order valence-electron chi connectivity index (χ2n) is 9.33. The summed E-state index contributed by atoms with van der Waals surface area (Å²) < 4.78 is 49.3. The first-order valence-electron chi connectivity index (χ1n) is 12.3. The van der Waals surface area contributed by atoms with Crippen molar-refractivity contribution in [2.24, 2.45) is 11.8 Å². The molecule has 2 aliphatic carbocycles. The maximum atomic E-state index is 12.8. The summed E-state index contributed by atoms with van der Waals surface area (Å²) in [6.07, 6.45) is 11.4. The van der Waals surface area contributed by atoms with Crippen LogP contribution in [-0.2, 0) is 14.3 Å². The van der Waals surface area contributed by atoms with Gasteiger partial charge in [0.15, 0.2) is 0 Å². The van der Waals surface area contributed by atoms with Gasteiger partial charge in [-0.2, -0.15) is 13.2 Å². The third-order valence-corrected chi connectivity index (χ3v) is 6.72. The van der Waals surface area contributed by atoms with Crippen molar-refractivity contribution in [3.8, 4) is 0 Å². The molecule has 0 amide bonds. The van der Waals surface area contributed by atoms with Gasteiger partial charge in [-0.1, -0.05) is 37.0 Å². The molecule has 188 valence electrons. The van der Waals surface area contributed by atoms with Gasteiger partial charge in [0.05, 0.1) is 24.5 Å². The van der Waals surface area contributed by atoms with E-state index in [1.807, 2.05) is 19.1 Å². The monoisotopic (exact) mass is 479 g/mol.